The Morgan fingerprint density at radius 1 is 1.47 bits per heavy atom. The Morgan fingerprint density at radius 3 is 2.47 bits per heavy atom. The van der Waals surface area contributed by atoms with Crippen LogP contribution < -0.4 is 10.6 Å². The van der Waals surface area contributed by atoms with Gasteiger partial charge in [-0.25, -0.2) is 0 Å². The number of rotatable bonds is 5. The highest BCUT2D eigenvalue weighted by molar-refractivity contribution is 5.79. The fourth-order valence-electron chi connectivity index (χ4n) is 2.44. The van der Waals surface area contributed by atoms with Crippen LogP contribution in [0.1, 0.15) is 34.1 Å². The van der Waals surface area contributed by atoms with Gasteiger partial charge in [-0.05, 0) is 20.4 Å². The zero-order valence-corrected chi connectivity index (χ0v) is 11.9. The average molecular weight is 242 g/mol. The molecular formula is C13H26N2O2. The highest BCUT2D eigenvalue weighted by Crippen LogP contribution is 2.51. The van der Waals surface area contributed by atoms with Gasteiger partial charge in [0, 0.05) is 31.0 Å². The minimum absolute atomic E-state index is 0.00482. The molecule has 0 heterocycles. The summed E-state index contributed by atoms with van der Waals surface area (Å²) in [5.41, 5.74) is -0.145. The number of hydrogen-bond acceptors (Lipinski definition) is 3. The molecule has 0 aromatic carbocycles. The minimum atomic E-state index is -0.128. The van der Waals surface area contributed by atoms with Crippen molar-refractivity contribution in [2.24, 2.45) is 11.3 Å². The van der Waals surface area contributed by atoms with E-state index in [1.54, 1.807) is 7.11 Å². The highest BCUT2D eigenvalue weighted by Gasteiger charge is 2.58. The highest BCUT2D eigenvalue weighted by atomic mass is 16.5. The first-order valence-electron chi connectivity index (χ1n) is 6.28. The van der Waals surface area contributed by atoms with Gasteiger partial charge in [0.2, 0.25) is 5.91 Å². The Kier molecular flexibility index (Phi) is 4.20. The van der Waals surface area contributed by atoms with Gasteiger partial charge < -0.3 is 15.4 Å². The molecule has 0 bridgehead atoms. The second-order valence-corrected chi connectivity index (χ2v) is 5.88. The van der Waals surface area contributed by atoms with Crippen LogP contribution in [0.3, 0.4) is 0 Å². The Labute approximate surface area is 104 Å². The molecule has 0 saturated heterocycles. The molecule has 1 aliphatic carbocycles. The Balaban J connectivity index is 2.53. The van der Waals surface area contributed by atoms with Crippen molar-refractivity contribution in [2.75, 3.05) is 20.7 Å². The third kappa shape index (κ3) is 2.47. The maximum atomic E-state index is 11.9. The molecule has 0 aromatic heterocycles. The molecular weight excluding hydrogens is 216 g/mol. The van der Waals surface area contributed by atoms with E-state index in [1.165, 1.54) is 0 Å². The largest absolute Gasteiger partial charge is 0.378 e. The first-order valence-corrected chi connectivity index (χ1v) is 6.28. The molecule has 1 saturated carbocycles. The lowest BCUT2D eigenvalue weighted by molar-refractivity contribution is -0.183. The molecule has 0 aliphatic heterocycles. The molecule has 1 fully saturated rings. The fraction of sp³-hybridized carbons (Fsp3) is 0.923. The quantitative estimate of drug-likeness (QED) is 0.760. The van der Waals surface area contributed by atoms with Crippen LogP contribution in [-0.4, -0.2) is 38.3 Å². The summed E-state index contributed by atoms with van der Waals surface area (Å²) in [5.74, 6) is 0.126. The minimum Gasteiger partial charge on any atom is -0.378 e. The van der Waals surface area contributed by atoms with Gasteiger partial charge in [0.25, 0.3) is 0 Å². The molecule has 1 rings (SSSR count). The Hall–Kier alpha value is -0.610. The number of hydrogen-bond donors (Lipinski definition) is 2. The zero-order chi connectivity index (χ0) is 13.3. The molecule has 17 heavy (non-hydrogen) atoms. The van der Waals surface area contributed by atoms with Gasteiger partial charge in [-0.15, -0.1) is 0 Å². The van der Waals surface area contributed by atoms with Gasteiger partial charge in [0.15, 0.2) is 0 Å². The van der Waals surface area contributed by atoms with E-state index in [9.17, 15) is 4.79 Å². The second kappa shape index (κ2) is 4.94. The Morgan fingerprint density at radius 2 is 2.06 bits per heavy atom. The molecule has 2 N–H and O–H groups in total. The van der Waals surface area contributed by atoms with E-state index in [-0.39, 0.29) is 28.9 Å². The molecule has 3 unspecified atom stereocenters. The van der Waals surface area contributed by atoms with Crippen LogP contribution in [0.25, 0.3) is 0 Å². The summed E-state index contributed by atoms with van der Waals surface area (Å²) in [6.45, 7) is 9.04. The lowest BCUT2D eigenvalue weighted by Crippen LogP contribution is -2.69. The summed E-state index contributed by atoms with van der Waals surface area (Å²) in [6, 6.07) is 0.208. The molecule has 4 heteroatoms. The van der Waals surface area contributed by atoms with E-state index in [0.29, 0.717) is 6.54 Å². The molecule has 100 valence electrons. The molecule has 1 aliphatic rings. The van der Waals surface area contributed by atoms with Gasteiger partial charge >= 0.3 is 0 Å². The lowest BCUT2D eigenvalue weighted by Gasteiger charge is -2.59. The van der Waals surface area contributed by atoms with E-state index < -0.39 is 0 Å². The summed E-state index contributed by atoms with van der Waals surface area (Å²) >= 11 is 0. The standard InChI is InChI=1S/C13H26N2O2/c1-9(8-14-5)11(16)15-10-7-13(4,17-6)12(10,2)3/h9-10,14H,7-8H2,1-6H3,(H,15,16). The number of carbonyl (C=O) groups is 1. The van der Waals surface area contributed by atoms with E-state index in [1.807, 2.05) is 14.0 Å². The van der Waals surface area contributed by atoms with E-state index in [0.717, 1.165) is 6.42 Å². The van der Waals surface area contributed by atoms with Crippen molar-refractivity contribution >= 4 is 5.91 Å². The lowest BCUT2D eigenvalue weighted by atomic mass is 9.55. The van der Waals surface area contributed by atoms with Gasteiger partial charge in [0.1, 0.15) is 0 Å². The fourth-order valence-corrected chi connectivity index (χ4v) is 2.44. The first-order chi connectivity index (χ1) is 7.78. The summed E-state index contributed by atoms with van der Waals surface area (Å²) in [5, 5.41) is 6.14. The van der Waals surface area contributed by atoms with Gasteiger partial charge in [0.05, 0.1) is 5.60 Å². The number of nitrogens with one attached hydrogen (secondary N) is 2. The third-order valence-electron chi connectivity index (χ3n) is 4.55. The number of methoxy groups -OCH3 is 1. The predicted octanol–water partition coefficient (Wildman–Crippen LogP) is 1.16. The first kappa shape index (κ1) is 14.5. The topological polar surface area (TPSA) is 50.4 Å². The van der Waals surface area contributed by atoms with Crippen molar-refractivity contribution in [3.05, 3.63) is 0 Å². The third-order valence-corrected chi connectivity index (χ3v) is 4.55. The van der Waals surface area contributed by atoms with Crippen LogP contribution in [-0.2, 0) is 9.53 Å². The van der Waals surface area contributed by atoms with Crippen molar-refractivity contribution in [3.63, 3.8) is 0 Å². The van der Waals surface area contributed by atoms with Crippen molar-refractivity contribution in [3.8, 4) is 0 Å². The SMILES string of the molecule is CNCC(C)C(=O)NC1CC(C)(OC)C1(C)C. The predicted molar refractivity (Wildman–Crippen MR) is 68.8 cm³/mol. The van der Waals surface area contributed by atoms with Gasteiger partial charge in [-0.2, -0.15) is 0 Å². The monoisotopic (exact) mass is 242 g/mol. The van der Waals surface area contributed by atoms with Crippen LogP contribution in [0.15, 0.2) is 0 Å². The van der Waals surface area contributed by atoms with Crippen LogP contribution in [0.4, 0.5) is 0 Å². The summed E-state index contributed by atoms with van der Waals surface area (Å²) in [7, 11) is 3.60. The maximum Gasteiger partial charge on any atom is 0.224 e. The van der Waals surface area contributed by atoms with E-state index >= 15 is 0 Å². The molecule has 0 aromatic rings. The van der Waals surface area contributed by atoms with Crippen LogP contribution in [0.5, 0.6) is 0 Å². The summed E-state index contributed by atoms with van der Waals surface area (Å²) in [4.78, 5) is 11.9. The van der Waals surface area contributed by atoms with Crippen molar-refractivity contribution < 1.29 is 9.53 Å². The van der Waals surface area contributed by atoms with Crippen molar-refractivity contribution in [1.82, 2.24) is 10.6 Å². The van der Waals surface area contributed by atoms with Crippen LogP contribution in [0, 0.1) is 11.3 Å². The van der Waals surface area contributed by atoms with Gasteiger partial charge in [-0.3, -0.25) is 4.79 Å². The smallest absolute Gasteiger partial charge is 0.224 e. The summed E-state index contributed by atoms with van der Waals surface area (Å²) in [6.07, 6.45) is 0.883. The zero-order valence-electron chi connectivity index (χ0n) is 11.9. The maximum absolute atomic E-state index is 11.9. The molecule has 0 spiro atoms. The summed E-state index contributed by atoms with van der Waals surface area (Å²) < 4.78 is 5.55. The van der Waals surface area contributed by atoms with Crippen LogP contribution in [0.2, 0.25) is 0 Å². The van der Waals surface area contributed by atoms with Crippen molar-refractivity contribution in [1.29, 1.82) is 0 Å². The van der Waals surface area contributed by atoms with Crippen molar-refractivity contribution in [2.45, 2.75) is 45.8 Å². The van der Waals surface area contributed by atoms with Crippen LogP contribution >= 0.6 is 0 Å². The molecule has 3 atom stereocenters. The number of carbonyl (C=O) groups excluding carboxylic acids is 1. The molecule has 0 radical (unpaired) electrons. The second-order valence-electron chi connectivity index (χ2n) is 5.88. The number of amides is 1. The van der Waals surface area contributed by atoms with E-state index in [4.69, 9.17) is 4.74 Å². The average Bonchev–Trinajstić information content (AvgIpc) is 2.28. The van der Waals surface area contributed by atoms with Gasteiger partial charge in [-0.1, -0.05) is 20.8 Å². The van der Waals surface area contributed by atoms with E-state index in [2.05, 4.69) is 31.4 Å². The molecule has 4 nitrogen and oxygen atoms in total. The molecule has 1 amide bonds. The normalized spacial score (nSPS) is 32.7. The number of ether oxygens (including phenoxy) is 1. The Bertz CT molecular complexity index is 291.